The molecule has 1 aromatic rings. The van der Waals surface area contributed by atoms with Crippen LogP contribution in [0.3, 0.4) is 0 Å². The largest absolute Gasteiger partial charge is 0.467 e. The molecule has 0 aromatic heterocycles. The number of esters is 1. The number of nitrogens with two attached hydrogens (primary N) is 1. The fourth-order valence-electron chi connectivity index (χ4n) is 1.80. The molecule has 7 heteroatoms. The number of hydrogen-bond donors (Lipinski definition) is 3. The molecule has 0 fully saturated rings. The molecule has 7 nitrogen and oxygen atoms in total. The molecular weight excluding hydrogens is 274 g/mol. The molecule has 114 valence electrons. The highest BCUT2D eigenvalue weighted by Crippen LogP contribution is 2.11. The van der Waals surface area contributed by atoms with Crippen LogP contribution < -0.4 is 11.1 Å². The average Bonchev–Trinajstić information content (AvgIpc) is 2.50. The second-order valence-corrected chi connectivity index (χ2v) is 4.75. The Labute approximate surface area is 122 Å². The summed E-state index contributed by atoms with van der Waals surface area (Å²) in [6.07, 6.45) is 0. The number of carbonyl (C=O) groups is 2. The Morgan fingerprint density at radius 2 is 1.86 bits per heavy atom. The molecule has 1 atom stereocenters. The van der Waals surface area contributed by atoms with Crippen LogP contribution in [0.5, 0.6) is 0 Å². The third-order valence-corrected chi connectivity index (χ3v) is 2.96. The molecule has 1 rings (SSSR count). The van der Waals surface area contributed by atoms with Crippen LogP contribution in [0, 0.1) is 5.92 Å². The number of amidine groups is 1. The number of ether oxygens (including phenoxy) is 1. The highest BCUT2D eigenvalue weighted by atomic mass is 16.5. The molecule has 0 aliphatic carbocycles. The van der Waals surface area contributed by atoms with E-state index in [-0.39, 0.29) is 22.9 Å². The van der Waals surface area contributed by atoms with E-state index < -0.39 is 17.9 Å². The average molecular weight is 293 g/mol. The summed E-state index contributed by atoms with van der Waals surface area (Å²) < 4.78 is 4.67. The number of amides is 1. The second kappa shape index (κ2) is 7.28. The fraction of sp³-hybridized carbons (Fsp3) is 0.357. The van der Waals surface area contributed by atoms with Gasteiger partial charge < -0.3 is 21.0 Å². The van der Waals surface area contributed by atoms with Crippen LogP contribution in [-0.2, 0) is 9.53 Å². The first kappa shape index (κ1) is 16.5. The van der Waals surface area contributed by atoms with Crippen molar-refractivity contribution in [3.05, 3.63) is 35.4 Å². The SMILES string of the molecule is COC(=O)[C@@H](NC(=O)c1ccccc1C(N)=NO)C(C)C. The lowest BCUT2D eigenvalue weighted by Crippen LogP contribution is -2.45. The molecule has 4 N–H and O–H groups in total. The third-order valence-electron chi connectivity index (χ3n) is 2.96. The van der Waals surface area contributed by atoms with E-state index in [1.165, 1.54) is 13.2 Å². The van der Waals surface area contributed by atoms with Crippen molar-refractivity contribution < 1.29 is 19.5 Å². The molecule has 0 radical (unpaired) electrons. The summed E-state index contributed by atoms with van der Waals surface area (Å²) >= 11 is 0. The molecule has 0 saturated carbocycles. The van der Waals surface area contributed by atoms with E-state index in [2.05, 4.69) is 15.2 Å². The molecule has 0 heterocycles. The Morgan fingerprint density at radius 1 is 1.29 bits per heavy atom. The molecule has 0 unspecified atom stereocenters. The number of nitrogens with zero attached hydrogens (tertiary/aromatic N) is 1. The quantitative estimate of drug-likeness (QED) is 0.243. The number of hydrogen-bond acceptors (Lipinski definition) is 5. The van der Waals surface area contributed by atoms with Crippen LogP contribution in [0.25, 0.3) is 0 Å². The molecule has 21 heavy (non-hydrogen) atoms. The minimum absolute atomic E-state index is 0.141. The van der Waals surface area contributed by atoms with Crippen LogP contribution in [0.15, 0.2) is 29.4 Å². The van der Waals surface area contributed by atoms with E-state index in [0.717, 1.165) is 0 Å². The molecule has 1 aromatic carbocycles. The van der Waals surface area contributed by atoms with Gasteiger partial charge in [-0.15, -0.1) is 0 Å². The van der Waals surface area contributed by atoms with Crippen molar-refractivity contribution in [2.24, 2.45) is 16.8 Å². The smallest absolute Gasteiger partial charge is 0.328 e. The predicted molar refractivity (Wildman–Crippen MR) is 77.1 cm³/mol. The zero-order valence-electron chi connectivity index (χ0n) is 12.2. The number of methoxy groups -OCH3 is 1. The van der Waals surface area contributed by atoms with Crippen molar-refractivity contribution in [2.75, 3.05) is 7.11 Å². The van der Waals surface area contributed by atoms with Crippen LogP contribution >= 0.6 is 0 Å². The van der Waals surface area contributed by atoms with E-state index in [4.69, 9.17) is 10.9 Å². The lowest BCUT2D eigenvalue weighted by molar-refractivity contribution is -0.144. The van der Waals surface area contributed by atoms with Crippen LogP contribution in [-0.4, -0.2) is 36.1 Å². The topological polar surface area (TPSA) is 114 Å². The zero-order valence-corrected chi connectivity index (χ0v) is 12.2. The minimum Gasteiger partial charge on any atom is -0.467 e. The Bertz CT molecular complexity index is 555. The lowest BCUT2D eigenvalue weighted by Gasteiger charge is -2.20. The Kier molecular flexibility index (Phi) is 5.71. The van der Waals surface area contributed by atoms with Gasteiger partial charge >= 0.3 is 5.97 Å². The highest BCUT2D eigenvalue weighted by molar-refractivity contribution is 6.09. The maximum atomic E-state index is 12.3. The van der Waals surface area contributed by atoms with Gasteiger partial charge in [-0.1, -0.05) is 37.2 Å². The number of rotatable bonds is 5. The van der Waals surface area contributed by atoms with E-state index >= 15 is 0 Å². The van der Waals surface area contributed by atoms with Gasteiger partial charge in [0.1, 0.15) is 6.04 Å². The zero-order chi connectivity index (χ0) is 16.0. The second-order valence-electron chi connectivity index (χ2n) is 4.75. The molecular formula is C14H19N3O4. The van der Waals surface area contributed by atoms with Crippen molar-refractivity contribution in [1.82, 2.24) is 5.32 Å². The van der Waals surface area contributed by atoms with Crippen LogP contribution in [0.2, 0.25) is 0 Å². The van der Waals surface area contributed by atoms with E-state index in [0.29, 0.717) is 0 Å². The summed E-state index contributed by atoms with van der Waals surface area (Å²) in [4.78, 5) is 24.0. The van der Waals surface area contributed by atoms with Crippen LogP contribution in [0.1, 0.15) is 29.8 Å². The molecule has 1 amide bonds. The molecule has 0 aliphatic heterocycles. The first-order valence-electron chi connectivity index (χ1n) is 6.38. The van der Waals surface area contributed by atoms with Crippen molar-refractivity contribution in [3.63, 3.8) is 0 Å². The van der Waals surface area contributed by atoms with Crippen molar-refractivity contribution in [3.8, 4) is 0 Å². The summed E-state index contributed by atoms with van der Waals surface area (Å²) in [7, 11) is 1.26. The number of carbonyl (C=O) groups excluding carboxylic acids is 2. The monoisotopic (exact) mass is 293 g/mol. The van der Waals surface area contributed by atoms with Gasteiger partial charge in [0.25, 0.3) is 5.91 Å². The maximum Gasteiger partial charge on any atom is 0.328 e. The van der Waals surface area contributed by atoms with Gasteiger partial charge in [0.15, 0.2) is 5.84 Å². The van der Waals surface area contributed by atoms with Gasteiger partial charge in [-0.2, -0.15) is 0 Å². The maximum absolute atomic E-state index is 12.3. The normalized spacial score (nSPS) is 12.9. The summed E-state index contributed by atoms with van der Waals surface area (Å²) in [5, 5.41) is 14.2. The van der Waals surface area contributed by atoms with Crippen molar-refractivity contribution in [1.29, 1.82) is 0 Å². The summed E-state index contributed by atoms with van der Waals surface area (Å²) in [5.74, 6) is -1.35. The van der Waals surface area contributed by atoms with Crippen molar-refractivity contribution >= 4 is 17.7 Å². The van der Waals surface area contributed by atoms with Gasteiger partial charge in [0.2, 0.25) is 0 Å². The van der Waals surface area contributed by atoms with Gasteiger partial charge in [0.05, 0.1) is 12.7 Å². The number of nitrogens with one attached hydrogen (secondary N) is 1. The Morgan fingerprint density at radius 3 is 2.33 bits per heavy atom. The standard InChI is InChI=1S/C14H19N3O4/c1-8(2)11(14(19)21-3)16-13(18)10-7-5-4-6-9(10)12(15)17-20/h4-8,11,20H,1-3H3,(H2,15,17)(H,16,18)/t11-/m0/s1. The van der Waals surface area contributed by atoms with E-state index in [1.807, 2.05) is 0 Å². The minimum atomic E-state index is -0.775. The first-order chi connectivity index (χ1) is 9.92. The molecule has 0 saturated heterocycles. The van der Waals surface area contributed by atoms with Gasteiger partial charge in [-0.3, -0.25) is 4.79 Å². The molecule has 0 spiro atoms. The predicted octanol–water partition coefficient (Wildman–Crippen LogP) is 0.708. The van der Waals surface area contributed by atoms with Gasteiger partial charge in [0, 0.05) is 5.56 Å². The summed E-state index contributed by atoms with van der Waals surface area (Å²) in [6.45, 7) is 3.58. The molecule has 0 aliphatic rings. The summed E-state index contributed by atoms with van der Waals surface area (Å²) in [5.41, 5.74) is 6.03. The van der Waals surface area contributed by atoms with Gasteiger partial charge in [-0.05, 0) is 12.0 Å². The Hall–Kier alpha value is -2.57. The number of oxime groups is 1. The summed E-state index contributed by atoms with van der Waals surface area (Å²) in [6, 6.07) is 5.60. The van der Waals surface area contributed by atoms with Crippen molar-refractivity contribution in [2.45, 2.75) is 19.9 Å². The van der Waals surface area contributed by atoms with E-state index in [9.17, 15) is 9.59 Å². The fourth-order valence-corrected chi connectivity index (χ4v) is 1.80. The Balaban J connectivity index is 3.07. The number of benzene rings is 1. The third kappa shape index (κ3) is 3.95. The van der Waals surface area contributed by atoms with Gasteiger partial charge in [-0.25, -0.2) is 4.79 Å². The first-order valence-corrected chi connectivity index (χ1v) is 6.38. The van der Waals surface area contributed by atoms with E-state index in [1.54, 1.807) is 32.0 Å². The lowest BCUT2D eigenvalue weighted by atomic mass is 10.0. The van der Waals surface area contributed by atoms with Crippen LogP contribution in [0.4, 0.5) is 0 Å². The highest BCUT2D eigenvalue weighted by Gasteiger charge is 2.26. The molecule has 0 bridgehead atoms.